The van der Waals surface area contributed by atoms with E-state index >= 15 is 0 Å². The molecule has 0 saturated carbocycles. The van der Waals surface area contributed by atoms with Crippen LogP contribution < -0.4 is 15.2 Å². The second-order valence-corrected chi connectivity index (χ2v) is 9.92. The molecule has 0 radical (unpaired) electrons. The number of carbonyl (C=O) groups is 1. The van der Waals surface area contributed by atoms with E-state index in [9.17, 15) is 13.2 Å². The fourth-order valence-corrected chi connectivity index (χ4v) is 4.46. The number of hydrogen-bond acceptors (Lipinski definition) is 6. The zero-order valence-corrected chi connectivity index (χ0v) is 18.5. The standard InChI is InChI=1S/C21H23N3O4S2/c1-13(2)21-14(3)29-20(24-21)12-19(25)23-15-4-6-16(7-5-15)28-17-8-10-18(11-9-17)30(22,26)27/h4-11,13H,12H2,1-3H3,(H,23,25)(H2,22,26,27). The van der Waals surface area contributed by atoms with Gasteiger partial charge in [-0.25, -0.2) is 18.5 Å². The number of amides is 1. The molecular formula is C21H23N3O4S2. The lowest BCUT2D eigenvalue weighted by atomic mass is 10.1. The molecule has 0 aliphatic rings. The number of carbonyl (C=O) groups excluding carboxylic acids is 1. The van der Waals surface area contributed by atoms with Crippen LogP contribution in [0.4, 0.5) is 5.69 Å². The monoisotopic (exact) mass is 445 g/mol. The van der Waals surface area contributed by atoms with Crippen molar-refractivity contribution in [2.45, 2.75) is 38.0 Å². The van der Waals surface area contributed by atoms with E-state index in [1.54, 1.807) is 35.6 Å². The van der Waals surface area contributed by atoms with Gasteiger partial charge in [0.05, 0.1) is 17.0 Å². The topological polar surface area (TPSA) is 111 Å². The van der Waals surface area contributed by atoms with Crippen molar-refractivity contribution >= 4 is 33.0 Å². The first-order chi connectivity index (χ1) is 14.1. The van der Waals surface area contributed by atoms with Gasteiger partial charge in [-0.1, -0.05) is 13.8 Å². The van der Waals surface area contributed by atoms with Gasteiger partial charge in [0.15, 0.2) is 0 Å². The van der Waals surface area contributed by atoms with E-state index in [-0.39, 0.29) is 17.2 Å². The lowest BCUT2D eigenvalue weighted by molar-refractivity contribution is -0.115. The highest BCUT2D eigenvalue weighted by Gasteiger charge is 2.14. The summed E-state index contributed by atoms with van der Waals surface area (Å²) in [5.41, 5.74) is 1.69. The fourth-order valence-electron chi connectivity index (χ4n) is 2.86. The average Bonchev–Trinajstić information content (AvgIpc) is 3.03. The molecule has 2 aromatic carbocycles. The third-order valence-corrected chi connectivity index (χ3v) is 6.18. The maximum absolute atomic E-state index is 12.3. The van der Waals surface area contributed by atoms with Gasteiger partial charge in [0.1, 0.15) is 16.5 Å². The van der Waals surface area contributed by atoms with E-state index in [0.29, 0.717) is 23.1 Å². The van der Waals surface area contributed by atoms with Crippen molar-refractivity contribution in [3.8, 4) is 11.5 Å². The summed E-state index contributed by atoms with van der Waals surface area (Å²) in [6.07, 6.45) is 0.229. The highest BCUT2D eigenvalue weighted by atomic mass is 32.2. The Kier molecular flexibility index (Phi) is 6.55. The maximum Gasteiger partial charge on any atom is 0.238 e. The molecule has 3 rings (SSSR count). The Hall–Kier alpha value is -2.75. The van der Waals surface area contributed by atoms with Crippen LogP contribution in [0.1, 0.15) is 35.3 Å². The summed E-state index contributed by atoms with van der Waals surface area (Å²) in [5, 5.41) is 8.74. The molecule has 3 aromatic rings. The average molecular weight is 446 g/mol. The predicted octanol–water partition coefficient (Wildman–Crippen LogP) is 4.20. The first-order valence-electron chi connectivity index (χ1n) is 9.28. The number of sulfonamides is 1. The van der Waals surface area contributed by atoms with Crippen LogP contribution in [0.2, 0.25) is 0 Å². The van der Waals surface area contributed by atoms with E-state index in [1.807, 2.05) is 6.92 Å². The Morgan fingerprint density at radius 2 is 1.67 bits per heavy atom. The largest absolute Gasteiger partial charge is 0.457 e. The van der Waals surface area contributed by atoms with Gasteiger partial charge in [-0.15, -0.1) is 11.3 Å². The van der Waals surface area contributed by atoms with E-state index in [4.69, 9.17) is 9.88 Å². The van der Waals surface area contributed by atoms with Crippen LogP contribution in [0.25, 0.3) is 0 Å². The van der Waals surface area contributed by atoms with Crippen LogP contribution in [-0.4, -0.2) is 19.3 Å². The lowest BCUT2D eigenvalue weighted by Gasteiger charge is -2.08. The van der Waals surface area contributed by atoms with Crippen molar-refractivity contribution in [2.75, 3.05) is 5.32 Å². The molecule has 0 spiro atoms. The number of nitrogens with zero attached hydrogens (tertiary/aromatic N) is 1. The quantitative estimate of drug-likeness (QED) is 0.566. The molecule has 1 heterocycles. The van der Waals surface area contributed by atoms with Gasteiger partial charge in [0.2, 0.25) is 15.9 Å². The summed E-state index contributed by atoms with van der Waals surface area (Å²) >= 11 is 1.55. The molecular weight excluding hydrogens is 422 g/mol. The van der Waals surface area contributed by atoms with Gasteiger partial charge in [-0.05, 0) is 61.4 Å². The van der Waals surface area contributed by atoms with Gasteiger partial charge in [0.25, 0.3) is 0 Å². The number of anilines is 1. The van der Waals surface area contributed by atoms with Crippen LogP contribution in [-0.2, 0) is 21.2 Å². The number of thiazole rings is 1. The molecule has 7 nitrogen and oxygen atoms in total. The molecule has 0 fully saturated rings. The summed E-state index contributed by atoms with van der Waals surface area (Å²) < 4.78 is 28.3. The smallest absolute Gasteiger partial charge is 0.238 e. The highest BCUT2D eigenvalue weighted by Crippen LogP contribution is 2.26. The lowest BCUT2D eigenvalue weighted by Crippen LogP contribution is -2.14. The van der Waals surface area contributed by atoms with Gasteiger partial charge >= 0.3 is 0 Å². The number of hydrogen-bond donors (Lipinski definition) is 2. The van der Waals surface area contributed by atoms with E-state index < -0.39 is 10.0 Å². The number of aromatic nitrogens is 1. The third kappa shape index (κ3) is 5.65. The number of primary sulfonamides is 1. The number of rotatable bonds is 7. The number of nitrogens with one attached hydrogen (secondary N) is 1. The highest BCUT2D eigenvalue weighted by molar-refractivity contribution is 7.89. The molecule has 1 aromatic heterocycles. The summed E-state index contributed by atoms with van der Waals surface area (Å²) in [7, 11) is -3.74. The first-order valence-corrected chi connectivity index (χ1v) is 11.6. The first kappa shape index (κ1) is 21.9. The maximum atomic E-state index is 12.3. The van der Waals surface area contributed by atoms with E-state index in [1.165, 1.54) is 24.3 Å². The Morgan fingerprint density at radius 3 is 2.17 bits per heavy atom. The summed E-state index contributed by atoms with van der Waals surface area (Å²) in [4.78, 5) is 18.1. The van der Waals surface area contributed by atoms with Crippen LogP contribution in [0.3, 0.4) is 0 Å². The molecule has 0 aliphatic heterocycles. The minimum absolute atomic E-state index is 0.0175. The number of ether oxygens (including phenoxy) is 1. The SMILES string of the molecule is Cc1sc(CC(=O)Nc2ccc(Oc3ccc(S(N)(=O)=O)cc3)cc2)nc1C(C)C. The minimum atomic E-state index is -3.74. The minimum Gasteiger partial charge on any atom is -0.457 e. The summed E-state index contributed by atoms with van der Waals surface area (Å²) in [6.45, 7) is 6.20. The number of aryl methyl sites for hydroxylation is 1. The van der Waals surface area contributed by atoms with Crippen molar-refractivity contribution in [3.63, 3.8) is 0 Å². The summed E-state index contributed by atoms with van der Waals surface area (Å²) in [5.74, 6) is 1.22. The van der Waals surface area contributed by atoms with Crippen LogP contribution in [0.5, 0.6) is 11.5 Å². The van der Waals surface area contributed by atoms with Gasteiger partial charge in [-0.3, -0.25) is 4.79 Å². The number of nitrogens with two attached hydrogens (primary N) is 1. The molecule has 0 atom stereocenters. The second kappa shape index (κ2) is 8.95. The zero-order chi connectivity index (χ0) is 21.9. The van der Waals surface area contributed by atoms with Crippen molar-refractivity contribution in [1.82, 2.24) is 4.98 Å². The Morgan fingerprint density at radius 1 is 1.10 bits per heavy atom. The van der Waals surface area contributed by atoms with Gasteiger partial charge < -0.3 is 10.1 Å². The Bertz CT molecular complexity index is 1140. The molecule has 1 amide bonds. The van der Waals surface area contributed by atoms with Crippen LogP contribution >= 0.6 is 11.3 Å². The molecule has 30 heavy (non-hydrogen) atoms. The molecule has 0 unspecified atom stereocenters. The van der Waals surface area contributed by atoms with Gasteiger partial charge in [0, 0.05) is 10.6 Å². The molecule has 3 N–H and O–H groups in total. The Balaban J connectivity index is 1.59. The molecule has 0 saturated heterocycles. The summed E-state index contributed by atoms with van der Waals surface area (Å²) in [6, 6.07) is 12.7. The molecule has 0 bridgehead atoms. The fraction of sp³-hybridized carbons (Fsp3) is 0.238. The molecule has 9 heteroatoms. The van der Waals surface area contributed by atoms with Crippen molar-refractivity contribution in [3.05, 3.63) is 64.1 Å². The van der Waals surface area contributed by atoms with E-state index in [2.05, 4.69) is 24.1 Å². The number of benzene rings is 2. The predicted molar refractivity (Wildman–Crippen MR) is 118 cm³/mol. The Labute approximate surface area is 180 Å². The second-order valence-electron chi connectivity index (χ2n) is 7.07. The van der Waals surface area contributed by atoms with Crippen LogP contribution in [0.15, 0.2) is 53.4 Å². The molecule has 158 valence electrons. The van der Waals surface area contributed by atoms with Crippen molar-refractivity contribution in [1.29, 1.82) is 0 Å². The van der Waals surface area contributed by atoms with Crippen molar-refractivity contribution in [2.24, 2.45) is 5.14 Å². The molecule has 0 aliphatic carbocycles. The van der Waals surface area contributed by atoms with E-state index in [0.717, 1.165) is 15.6 Å². The van der Waals surface area contributed by atoms with Crippen molar-refractivity contribution < 1.29 is 17.9 Å². The zero-order valence-electron chi connectivity index (χ0n) is 16.9. The van der Waals surface area contributed by atoms with Crippen LogP contribution in [0, 0.1) is 6.92 Å². The van der Waals surface area contributed by atoms with Gasteiger partial charge in [-0.2, -0.15) is 0 Å². The normalized spacial score (nSPS) is 11.5. The third-order valence-electron chi connectivity index (χ3n) is 4.26.